The number of aromatic nitrogens is 1. The Morgan fingerprint density at radius 2 is 1.78 bits per heavy atom. The lowest BCUT2D eigenvalue weighted by Gasteiger charge is -2.06. The zero-order chi connectivity index (χ0) is 13.0. The Morgan fingerprint density at radius 3 is 2.44 bits per heavy atom. The van der Waals surface area contributed by atoms with E-state index in [-0.39, 0.29) is 5.69 Å². The topological polar surface area (TPSA) is 25.2 Å². The van der Waals surface area contributed by atoms with E-state index in [2.05, 4.69) is 9.98 Å². The van der Waals surface area contributed by atoms with Gasteiger partial charge in [-0.2, -0.15) is 13.2 Å². The summed E-state index contributed by atoms with van der Waals surface area (Å²) < 4.78 is 37.4. The van der Waals surface area contributed by atoms with Gasteiger partial charge in [-0.25, -0.2) is 0 Å². The zero-order valence-electron chi connectivity index (χ0n) is 9.22. The number of aliphatic imine (C=N–C) groups is 1. The van der Waals surface area contributed by atoms with Gasteiger partial charge in [-0.1, -0.05) is 6.07 Å². The largest absolute Gasteiger partial charge is 0.416 e. The summed E-state index contributed by atoms with van der Waals surface area (Å²) in [6, 6.07) is 8.33. The molecule has 2 rings (SSSR count). The Kier molecular flexibility index (Phi) is 3.41. The van der Waals surface area contributed by atoms with Gasteiger partial charge in [0.15, 0.2) is 0 Å². The van der Waals surface area contributed by atoms with Gasteiger partial charge in [0.1, 0.15) is 0 Å². The molecule has 0 saturated heterocycles. The molecule has 0 amide bonds. The van der Waals surface area contributed by atoms with Crippen molar-refractivity contribution in [2.24, 2.45) is 4.99 Å². The fourth-order valence-electron chi connectivity index (χ4n) is 1.36. The van der Waals surface area contributed by atoms with Crippen molar-refractivity contribution < 1.29 is 13.2 Å². The van der Waals surface area contributed by atoms with Crippen LogP contribution >= 0.6 is 0 Å². The van der Waals surface area contributed by atoms with Crippen LogP contribution in [0.1, 0.15) is 11.1 Å². The summed E-state index contributed by atoms with van der Waals surface area (Å²) in [5.41, 5.74) is 0.343. The first-order chi connectivity index (χ1) is 8.55. The maximum atomic E-state index is 12.5. The highest BCUT2D eigenvalue weighted by Crippen LogP contribution is 2.31. The predicted molar refractivity (Wildman–Crippen MR) is 62.9 cm³/mol. The van der Waals surface area contributed by atoms with Gasteiger partial charge in [0.05, 0.1) is 11.3 Å². The first-order valence-electron chi connectivity index (χ1n) is 5.17. The number of hydrogen-bond acceptors (Lipinski definition) is 2. The van der Waals surface area contributed by atoms with E-state index in [9.17, 15) is 13.2 Å². The molecule has 0 N–H and O–H groups in total. The van der Waals surface area contributed by atoms with Crippen molar-refractivity contribution in [3.05, 3.63) is 59.9 Å². The highest BCUT2D eigenvalue weighted by Gasteiger charge is 2.30. The number of benzene rings is 1. The second kappa shape index (κ2) is 5.00. The zero-order valence-corrected chi connectivity index (χ0v) is 9.22. The van der Waals surface area contributed by atoms with Crippen LogP contribution in [0.3, 0.4) is 0 Å². The second-order valence-corrected chi connectivity index (χ2v) is 3.59. The van der Waals surface area contributed by atoms with E-state index in [1.165, 1.54) is 18.3 Å². The summed E-state index contributed by atoms with van der Waals surface area (Å²) in [5, 5.41) is 0. The van der Waals surface area contributed by atoms with E-state index in [0.29, 0.717) is 0 Å². The number of halogens is 3. The van der Waals surface area contributed by atoms with Crippen LogP contribution < -0.4 is 0 Å². The summed E-state index contributed by atoms with van der Waals surface area (Å²) in [6.45, 7) is 0. The molecule has 0 fully saturated rings. The van der Waals surface area contributed by atoms with Crippen LogP contribution in [-0.4, -0.2) is 11.2 Å². The Hall–Kier alpha value is -2.17. The van der Waals surface area contributed by atoms with Crippen molar-refractivity contribution >= 4 is 11.9 Å². The molecule has 18 heavy (non-hydrogen) atoms. The molecule has 2 nitrogen and oxygen atoms in total. The molecule has 0 bridgehead atoms. The van der Waals surface area contributed by atoms with Crippen molar-refractivity contribution in [2.75, 3.05) is 0 Å². The molecule has 1 aromatic carbocycles. The molecule has 0 saturated carbocycles. The monoisotopic (exact) mass is 250 g/mol. The van der Waals surface area contributed by atoms with Crippen LogP contribution in [0.25, 0.3) is 0 Å². The third-order valence-electron chi connectivity index (χ3n) is 2.24. The van der Waals surface area contributed by atoms with Crippen molar-refractivity contribution in [1.29, 1.82) is 0 Å². The number of alkyl halides is 3. The standard InChI is InChI=1S/C13H9F3N2/c14-13(15,16)11-2-1-3-12(8-11)18-9-10-4-6-17-7-5-10/h1-9H. The van der Waals surface area contributed by atoms with Crippen molar-refractivity contribution in [2.45, 2.75) is 6.18 Å². The highest BCUT2D eigenvalue weighted by molar-refractivity contribution is 5.81. The van der Waals surface area contributed by atoms with E-state index in [0.717, 1.165) is 17.7 Å². The molecule has 0 radical (unpaired) electrons. The molecule has 0 spiro atoms. The SMILES string of the molecule is FC(F)(F)c1cccc(N=Cc2ccncc2)c1. The number of nitrogens with zero attached hydrogens (tertiary/aromatic N) is 2. The van der Waals surface area contributed by atoms with E-state index in [1.807, 2.05) is 0 Å². The normalized spacial score (nSPS) is 11.9. The predicted octanol–water partition coefficient (Wildman–Crippen LogP) is 3.85. The van der Waals surface area contributed by atoms with Crippen LogP contribution in [0, 0.1) is 0 Å². The average Bonchev–Trinajstić information content (AvgIpc) is 2.37. The first kappa shape index (κ1) is 12.3. The molecule has 0 aliphatic carbocycles. The minimum absolute atomic E-state index is 0.265. The number of hydrogen-bond donors (Lipinski definition) is 0. The van der Waals surface area contributed by atoms with Gasteiger partial charge in [-0.05, 0) is 35.9 Å². The van der Waals surface area contributed by atoms with E-state index >= 15 is 0 Å². The maximum absolute atomic E-state index is 12.5. The lowest BCUT2D eigenvalue weighted by molar-refractivity contribution is -0.137. The summed E-state index contributed by atoms with van der Waals surface area (Å²) in [5.74, 6) is 0. The molecular weight excluding hydrogens is 241 g/mol. The van der Waals surface area contributed by atoms with Gasteiger partial charge in [0.25, 0.3) is 0 Å². The van der Waals surface area contributed by atoms with Crippen LogP contribution in [0.2, 0.25) is 0 Å². The minimum atomic E-state index is -4.35. The summed E-state index contributed by atoms with van der Waals surface area (Å²) in [4.78, 5) is 7.83. The maximum Gasteiger partial charge on any atom is 0.416 e. The van der Waals surface area contributed by atoms with Crippen LogP contribution in [-0.2, 0) is 6.18 Å². The van der Waals surface area contributed by atoms with Crippen LogP contribution in [0.5, 0.6) is 0 Å². The molecule has 0 atom stereocenters. The number of pyridine rings is 1. The van der Waals surface area contributed by atoms with Gasteiger partial charge < -0.3 is 0 Å². The second-order valence-electron chi connectivity index (χ2n) is 3.59. The molecule has 0 aliphatic heterocycles. The molecule has 0 unspecified atom stereocenters. The molecule has 1 aromatic heterocycles. The molecular formula is C13H9F3N2. The summed E-state index contributed by atoms with van der Waals surface area (Å²) in [7, 11) is 0. The lowest BCUT2D eigenvalue weighted by Crippen LogP contribution is -2.03. The van der Waals surface area contributed by atoms with Gasteiger partial charge >= 0.3 is 6.18 Å². The van der Waals surface area contributed by atoms with Gasteiger partial charge in [-0.15, -0.1) is 0 Å². The fraction of sp³-hybridized carbons (Fsp3) is 0.0769. The Balaban J connectivity index is 2.23. The Labute approximate surface area is 102 Å². The van der Waals surface area contributed by atoms with Gasteiger partial charge in [-0.3, -0.25) is 9.98 Å². The minimum Gasteiger partial charge on any atom is -0.265 e. The van der Waals surface area contributed by atoms with Gasteiger partial charge in [0, 0.05) is 18.6 Å². The molecule has 5 heteroatoms. The van der Waals surface area contributed by atoms with Gasteiger partial charge in [0.2, 0.25) is 0 Å². The first-order valence-corrected chi connectivity index (χ1v) is 5.17. The van der Waals surface area contributed by atoms with Crippen molar-refractivity contribution in [1.82, 2.24) is 4.98 Å². The van der Waals surface area contributed by atoms with E-state index < -0.39 is 11.7 Å². The molecule has 0 aliphatic rings. The van der Waals surface area contributed by atoms with E-state index in [1.54, 1.807) is 24.5 Å². The fourth-order valence-corrected chi connectivity index (χ4v) is 1.36. The molecule has 1 heterocycles. The third kappa shape index (κ3) is 3.16. The van der Waals surface area contributed by atoms with Crippen molar-refractivity contribution in [3.63, 3.8) is 0 Å². The van der Waals surface area contributed by atoms with Crippen molar-refractivity contribution in [3.8, 4) is 0 Å². The van der Waals surface area contributed by atoms with E-state index in [4.69, 9.17) is 0 Å². The lowest BCUT2D eigenvalue weighted by atomic mass is 10.2. The molecule has 92 valence electrons. The number of rotatable bonds is 2. The Bertz CT molecular complexity index is 548. The smallest absolute Gasteiger partial charge is 0.265 e. The van der Waals surface area contributed by atoms with Crippen LogP contribution in [0.15, 0.2) is 53.8 Å². The highest BCUT2D eigenvalue weighted by atomic mass is 19.4. The quantitative estimate of drug-likeness (QED) is 0.743. The average molecular weight is 250 g/mol. The summed E-state index contributed by atoms with van der Waals surface area (Å²) in [6.07, 6.45) is 0.334. The third-order valence-corrected chi connectivity index (χ3v) is 2.24. The Morgan fingerprint density at radius 1 is 1.06 bits per heavy atom. The molecule has 2 aromatic rings. The summed E-state index contributed by atoms with van der Waals surface area (Å²) >= 11 is 0. The van der Waals surface area contributed by atoms with Crippen LogP contribution in [0.4, 0.5) is 18.9 Å².